The fourth-order valence-corrected chi connectivity index (χ4v) is 1.31. The van der Waals surface area contributed by atoms with Crippen LogP contribution >= 0.6 is 0 Å². The molecule has 10 heteroatoms. The van der Waals surface area contributed by atoms with Crippen LogP contribution in [0, 0.1) is 0 Å². The number of amides is 1. The molecule has 0 aromatic rings. The summed E-state index contributed by atoms with van der Waals surface area (Å²) < 4.78 is 13.8. The van der Waals surface area contributed by atoms with Crippen molar-refractivity contribution in [2.24, 2.45) is 16.5 Å². The lowest BCUT2D eigenvalue weighted by Gasteiger charge is -2.16. The van der Waals surface area contributed by atoms with E-state index in [4.69, 9.17) is 16.2 Å². The number of carbonyl (C=O) groups excluding carboxylic acids is 3. The summed E-state index contributed by atoms with van der Waals surface area (Å²) >= 11 is 0. The Hall–Kier alpha value is -2.62. The van der Waals surface area contributed by atoms with Crippen molar-refractivity contribution in [3.8, 4) is 0 Å². The van der Waals surface area contributed by atoms with Crippen molar-refractivity contribution in [1.82, 2.24) is 5.32 Å². The van der Waals surface area contributed by atoms with Gasteiger partial charge < -0.3 is 31.0 Å². The second-order valence-corrected chi connectivity index (χ2v) is 3.99. The van der Waals surface area contributed by atoms with Crippen LogP contribution in [0.4, 0.5) is 4.79 Å². The van der Waals surface area contributed by atoms with Crippen molar-refractivity contribution in [2.45, 2.75) is 25.8 Å². The van der Waals surface area contributed by atoms with E-state index in [2.05, 4.69) is 19.8 Å². The van der Waals surface area contributed by atoms with Gasteiger partial charge >= 0.3 is 12.1 Å². The van der Waals surface area contributed by atoms with Gasteiger partial charge in [0.1, 0.15) is 6.04 Å². The van der Waals surface area contributed by atoms with Crippen LogP contribution in [-0.4, -0.2) is 50.4 Å². The number of carbonyl (C=O) groups is 3. The molecule has 130 valence electrons. The molecule has 0 aliphatic carbocycles. The van der Waals surface area contributed by atoms with E-state index in [1.54, 1.807) is 6.92 Å². The lowest BCUT2D eigenvalue weighted by molar-refractivity contribution is -0.157. The topological polar surface area (TPSA) is 155 Å². The quantitative estimate of drug-likeness (QED) is 0.207. The standard InChI is InChI=1S/C13H22N4O6/c1-2-21-13(20)23-9-22-12(19)10(4-3-7-16-8-15)17-11(18)5-6-14/h3,7-8,10H,2,4-6,9,14H2,1H3,(H2,15,16)(H,17,18)/b7-3+. The molecule has 5 N–H and O–H groups in total. The fraction of sp³-hybridized carbons (Fsp3) is 0.538. The highest BCUT2D eigenvalue weighted by molar-refractivity contribution is 5.84. The maximum absolute atomic E-state index is 11.9. The minimum Gasteiger partial charge on any atom is -0.435 e. The van der Waals surface area contributed by atoms with Gasteiger partial charge in [0.2, 0.25) is 12.7 Å². The molecular formula is C13H22N4O6. The van der Waals surface area contributed by atoms with Gasteiger partial charge in [-0.25, -0.2) is 14.6 Å². The first-order valence-corrected chi connectivity index (χ1v) is 6.89. The van der Waals surface area contributed by atoms with Crippen molar-refractivity contribution in [3.63, 3.8) is 0 Å². The zero-order valence-electron chi connectivity index (χ0n) is 12.9. The molecule has 0 saturated heterocycles. The van der Waals surface area contributed by atoms with Gasteiger partial charge in [0.15, 0.2) is 0 Å². The Bertz CT molecular complexity index is 438. The summed E-state index contributed by atoms with van der Waals surface area (Å²) in [6.45, 7) is 1.27. The highest BCUT2D eigenvalue weighted by Gasteiger charge is 2.21. The molecule has 0 aromatic carbocycles. The second kappa shape index (κ2) is 13.1. The van der Waals surface area contributed by atoms with E-state index in [0.717, 1.165) is 6.34 Å². The molecule has 23 heavy (non-hydrogen) atoms. The Kier molecular flexibility index (Phi) is 11.6. The largest absolute Gasteiger partial charge is 0.511 e. The first-order chi connectivity index (χ1) is 11.0. The van der Waals surface area contributed by atoms with Crippen LogP contribution in [0.3, 0.4) is 0 Å². The molecule has 0 aromatic heterocycles. The molecule has 0 aliphatic heterocycles. The van der Waals surface area contributed by atoms with E-state index in [-0.39, 0.29) is 26.0 Å². The van der Waals surface area contributed by atoms with Crippen molar-refractivity contribution in [3.05, 3.63) is 12.3 Å². The molecule has 0 bridgehead atoms. The third-order valence-electron chi connectivity index (χ3n) is 2.28. The van der Waals surface area contributed by atoms with Crippen LogP contribution in [0.1, 0.15) is 19.8 Å². The molecule has 10 nitrogen and oxygen atoms in total. The van der Waals surface area contributed by atoms with Gasteiger partial charge in [-0.2, -0.15) is 0 Å². The van der Waals surface area contributed by atoms with E-state index in [0.29, 0.717) is 0 Å². The molecule has 0 rings (SSSR count). The van der Waals surface area contributed by atoms with E-state index < -0.39 is 30.9 Å². The molecule has 0 radical (unpaired) electrons. The Balaban J connectivity index is 4.47. The number of nitrogens with two attached hydrogens (primary N) is 2. The van der Waals surface area contributed by atoms with Crippen molar-refractivity contribution < 1.29 is 28.6 Å². The Morgan fingerprint density at radius 2 is 2.00 bits per heavy atom. The van der Waals surface area contributed by atoms with Crippen LogP contribution in [0.5, 0.6) is 0 Å². The highest BCUT2D eigenvalue weighted by Crippen LogP contribution is 2.00. The van der Waals surface area contributed by atoms with Gasteiger partial charge in [-0.05, 0) is 13.3 Å². The Morgan fingerprint density at radius 3 is 2.61 bits per heavy atom. The van der Waals surface area contributed by atoms with Gasteiger partial charge in [-0.3, -0.25) is 4.79 Å². The monoisotopic (exact) mass is 330 g/mol. The van der Waals surface area contributed by atoms with Crippen LogP contribution in [-0.2, 0) is 23.8 Å². The third kappa shape index (κ3) is 10.7. The predicted molar refractivity (Wildman–Crippen MR) is 81.1 cm³/mol. The van der Waals surface area contributed by atoms with Crippen molar-refractivity contribution in [2.75, 3.05) is 19.9 Å². The average molecular weight is 330 g/mol. The smallest absolute Gasteiger partial charge is 0.435 e. The van der Waals surface area contributed by atoms with E-state index in [1.807, 2.05) is 0 Å². The van der Waals surface area contributed by atoms with Gasteiger partial charge in [0.05, 0.1) is 12.9 Å². The Labute approximate surface area is 133 Å². The number of esters is 1. The maximum atomic E-state index is 11.9. The molecule has 0 aliphatic rings. The van der Waals surface area contributed by atoms with Gasteiger partial charge in [0, 0.05) is 19.2 Å². The number of nitrogens with zero attached hydrogens (tertiary/aromatic N) is 1. The number of aliphatic imine (C=N–C) groups is 1. The Morgan fingerprint density at radius 1 is 1.26 bits per heavy atom. The third-order valence-corrected chi connectivity index (χ3v) is 2.28. The second-order valence-electron chi connectivity index (χ2n) is 3.99. The highest BCUT2D eigenvalue weighted by atomic mass is 16.8. The minimum atomic E-state index is -0.968. The van der Waals surface area contributed by atoms with E-state index >= 15 is 0 Å². The van der Waals surface area contributed by atoms with Crippen molar-refractivity contribution in [1.29, 1.82) is 0 Å². The van der Waals surface area contributed by atoms with Gasteiger partial charge in [-0.1, -0.05) is 6.08 Å². The molecule has 0 fully saturated rings. The minimum absolute atomic E-state index is 0.0633. The first kappa shape index (κ1) is 20.4. The molecule has 1 amide bonds. The number of hydrogen-bond acceptors (Lipinski definition) is 8. The normalized spacial score (nSPS) is 12.1. The van der Waals surface area contributed by atoms with E-state index in [9.17, 15) is 14.4 Å². The van der Waals surface area contributed by atoms with E-state index in [1.165, 1.54) is 12.3 Å². The van der Waals surface area contributed by atoms with Crippen LogP contribution in [0.2, 0.25) is 0 Å². The van der Waals surface area contributed by atoms with Gasteiger partial charge in [-0.15, -0.1) is 0 Å². The maximum Gasteiger partial charge on any atom is 0.511 e. The number of nitrogens with one attached hydrogen (secondary N) is 1. The zero-order chi connectivity index (χ0) is 17.5. The SMILES string of the molecule is CCOC(=O)OCOC(=O)C(C/C=C/N=CN)NC(=O)CCN. The summed E-state index contributed by atoms with van der Waals surface area (Å²) in [6.07, 6.45) is 3.18. The summed E-state index contributed by atoms with van der Waals surface area (Å²) in [6, 6.07) is -0.968. The molecule has 0 saturated carbocycles. The van der Waals surface area contributed by atoms with Crippen LogP contribution in [0.15, 0.2) is 17.3 Å². The fourth-order valence-electron chi connectivity index (χ4n) is 1.31. The van der Waals surface area contributed by atoms with Crippen LogP contribution < -0.4 is 16.8 Å². The molecular weight excluding hydrogens is 308 g/mol. The summed E-state index contributed by atoms with van der Waals surface area (Å²) in [5, 5.41) is 2.46. The van der Waals surface area contributed by atoms with Gasteiger partial charge in [0.25, 0.3) is 0 Å². The first-order valence-electron chi connectivity index (χ1n) is 6.89. The number of ether oxygens (including phenoxy) is 3. The number of rotatable bonds is 10. The summed E-state index contributed by atoms with van der Waals surface area (Å²) in [7, 11) is 0. The molecule has 1 atom stereocenters. The summed E-state index contributed by atoms with van der Waals surface area (Å²) in [5.74, 6) is -1.18. The molecule has 1 unspecified atom stereocenters. The lowest BCUT2D eigenvalue weighted by Crippen LogP contribution is -2.42. The van der Waals surface area contributed by atoms with Crippen molar-refractivity contribution >= 4 is 24.4 Å². The summed E-state index contributed by atoms with van der Waals surface area (Å²) in [5.41, 5.74) is 10.3. The molecule has 0 heterocycles. The number of hydrogen-bond donors (Lipinski definition) is 3. The predicted octanol–water partition coefficient (Wildman–Crippen LogP) is -0.615. The molecule has 0 spiro atoms. The summed E-state index contributed by atoms with van der Waals surface area (Å²) in [4.78, 5) is 38.0. The lowest BCUT2D eigenvalue weighted by atomic mass is 10.2. The van der Waals surface area contributed by atoms with Crippen LogP contribution in [0.25, 0.3) is 0 Å². The zero-order valence-corrected chi connectivity index (χ0v) is 12.9. The average Bonchev–Trinajstić information content (AvgIpc) is 2.50.